The van der Waals surface area contributed by atoms with Gasteiger partial charge in [-0.1, -0.05) is 0 Å². The average molecular weight is 190 g/mol. The molecule has 0 amide bonds. The maximum Gasteiger partial charge on any atom is 0.352 e. The Hall–Kier alpha value is -1.84. The van der Waals surface area contributed by atoms with E-state index in [9.17, 15) is 4.79 Å². The predicted molar refractivity (Wildman–Crippen MR) is 52.4 cm³/mol. The highest BCUT2D eigenvalue weighted by Crippen LogP contribution is 2.22. The largest absolute Gasteiger partial charge is 0.477 e. The van der Waals surface area contributed by atoms with Crippen LogP contribution in [0.4, 0.5) is 0 Å². The summed E-state index contributed by atoms with van der Waals surface area (Å²) in [6, 6.07) is 3.69. The highest BCUT2D eigenvalue weighted by Gasteiger charge is 2.17. The predicted octanol–water partition coefficient (Wildman–Crippen LogP) is 1.58. The fraction of sp³-hybridized carbons (Fsp3) is 0.200. The smallest absolute Gasteiger partial charge is 0.352 e. The fourth-order valence-corrected chi connectivity index (χ4v) is 1.75. The maximum atomic E-state index is 11.0. The van der Waals surface area contributed by atoms with E-state index >= 15 is 0 Å². The van der Waals surface area contributed by atoms with Crippen molar-refractivity contribution in [1.29, 1.82) is 0 Å². The first-order valence-electron chi connectivity index (χ1n) is 4.26. The number of rotatable bonds is 1. The molecule has 0 radical (unpaired) electrons. The number of fused-ring (bicyclic) bond motifs is 1. The van der Waals surface area contributed by atoms with Crippen molar-refractivity contribution in [2.24, 2.45) is 7.05 Å². The second-order valence-corrected chi connectivity index (χ2v) is 3.21. The lowest BCUT2D eigenvalue weighted by atomic mass is 10.2. The summed E-state index contributed by atoms with van der Waals surface area (Å²) in [4.78, 5) is 15.1. The minimum atomic E-state index is -0.914. The minimum absolute atomic E-state index is 0.304. The van der Waals surface area contributed by atoms with Crippen LogP contribution in [0.1, 0.15) is 16.1 Å². The molecule has 2 aromatic heterocycles. The summed E-state index contributed by atoms with van der Waals surface area (Å²) in [5.41, 5.74) is 1.78. The molecule has 4 heteroatoms. The SMILES string of the molecule is Cc1c(C(=O)O)n(C)c2ncccc12. The molecule has 1 N–H and O–H groups in total. The first-order valence-corrected chi connectivity index (χ1v) is 4.26. The van der Waals surface area contributed by atoms with Gasteiger partial charge in [0.2, 0.25) is 0 Å². The monoisotopic (exact) mass is 190 g/mol. The molecule has 4 nitrogen and oxygen atoms in total. The summed E-state index contributed by atoms with van der Waals surface area (Å²) in [7, 11) is 1.71. The Bertz CT molecular complexity index is 475. The number of hydrogen-bond acceptors (Lipinski definition) is 2. The molecule has 2 heterocycles. The Morgan fingerprint density at radius 1 is 1.57 bits per heavy atom. The second kappa shape index (κ2) is 2.83. The van der Waals surface area contributed by atoms with Crippen LogP contribution >= 0.6 is 0 Å². The minimum Gasteiger partial charge on any atom is -0.477 e. The molecule has 0 aliphatic heterocycles. The van der Waals surface area contributed by atoms with E-state index in [1.165, 1.54) is 0 Å². The normalized spacial score (nSPS) is 10.7. The van der Waals surface area contributed by atoms with Crippen molar-refractivity contribution in [3.63, 3.8) is 0 Å². The lowest BCUT2D eigenvalue weighted by Gasteiger charge is -1.97. The van der Waals surface area contributed by atoms with Gasteiger partial charge in [0.1, 0.15) is 11.3 Å². The second-order valence-electron chi connectivity index (χ2n) is 3.21. The van der Waals surface area contributed by atoms with Gasteiger partial charge in [0.15, 0.2) is 0 Å². The van der Waals surface area contributed by atoms with Crippen LogP contribution in [-0.2, 0) is 7.05 Å². The van der Waals surface area contributed by atoms with Crippen LogP contribution in [-0.4, -0.2) is 20.6 Å². The first kappa shape index (κ1) is 8.74. The third-order valence-electron chi connectivity index (χ3n) is 2.40. The molecular weight excluding hydrogens is 180 g/mol. The topological polar surface area (TPSA) is 55.1 Å². The number of carbonyl (C=O) groups is 1. The molecule has 14 heavy (non-hydrogen) atoms. The van der Waals surface area contributed by atoms with Gasteiger partial charge in [0, 0.05) is 18.6 Å². The zero-order chi connectivity index (χ0) is 10.3. The molecular formula is C10H10N2O2. The van der Waals surface area contributed by atoms with E-state index in [1.54, 1.807) is 30.8 Å². The summed E-state index contributed by atoms with van der Waals surface area (Å²) >= 11 is 0. The van der Waals surface area contributed by atoms with Crippen LogP contribution in [0.5, 0.6) is 0 Å². The van der Waals surface area contributed by atoms with E-state index in [-0.39, 0.29) is 0 Å². The number of carboxylic acids is 1. The quantitative estimate of drug-likeness (QED) is 0.742. The Balaban J connectivity index is 2.92. The van der Waals surface area contributed by atoms with Gasteiger partial charge in [0.05, 0.1) is 0 Å². The van der Waals surface area contributed by atoms with Gasteiger partial charge in [-0.3, -0.25) is 0 Å². The van der Waals surface area contributed by atoms with E-state index in [0.717, 1.165) is 10.9 Å². The zero-order valence-corrected chi connectivity index (χ0v) is 7.98. The molecule has 0 aliphatic rings. The maximum absolute atomic E-state index is 11.0. The van der Waals surface area contributed by atoms with Crippen molar-refractivity contribution in [2.75, 3.05) is 0 Å². The first-order chi connectivity index (χ1) is 6.63. The molecule has 0 saturated carbocycles. The fourth-order valence-electron chi connectivity index (χ4n) is 1.75. The van der Waals surface area contributed by atoms with Crippen LogP contribution < -0.4 is 0 Å². The van der Waals surface area contributed by atoms with Crippen molar-refractivity contribution in [2.45, 2.75) is 6.92 Å². The number of carboxylic acid groups (broad SMARTS) is 1. The third kappa shape index (κ3) is 1.00. The summed E-state index contributed by atoms with van der Waals surface area (Å²) in [5, 5.41) is 9.89. The molecule has 2 aromatic rings. The summed E-state index contributed by atoms with van der Waals surface area (Å²) in [5.74, 6) is -0.914. The number of aromatic nitrogens is 2. The highest BCUT2D eigenvalue weighted by atomic mass is 16.4. The lowest BCUT2D eigenvalue weighted by Crippen LogP contribution is -2.05. The number of aryl methyl sites for hydroxylation is 2. The Morgan fingerprint density at radius 3 is 2.86 bits per heavy atom. The van der Waals surface area contributed by atoms with Gasteiger partial charge in [-0.05, 0) is 24.6 Å². The molecule has 72 valence electrons. The number of aromatic carboxylic acids is 1. The molecule has 0 saturated heterocycles. The highest BCUT2D eigenvalue weighted by molar-refractivity contribution is 5.96. The van der Waals surface area contributed by atoms with Gasteiger partial charge in [-0.25, -0.2) is 9.78 Å². The molecule has 0 atom stereocenters. The number of hydrogen-bond donors (Lipinski definition) is 1. The molecule has 0 spiro atoms. The number of nitrogens with zero attached hydrogens (tertiary/aromatic N) is 2. The van der Waals surface area contributed by atoms with Gasteiger partial charge < -0.3 is 9.67 Å². The lowest BCUT2D eigenvalue weighted by molar-refractivity contribution is 0.0686. The zero-order valence-electron chi connectivity index (χ0n) is 7.98. The third-order valence-corrected chi connectivity index (χ3v) is 2.40. The van der Waals surface area contributed by atoms with E-state index in [2.05, 4.69) is 4.98 Å². The van der Waals surface area contributed by atoms with Crippen molar-refractivity contribution >= 4 is 17.0 Å². The van der Waals surface area contributed by atoms with Crippen LogP contribution in [0.15, 0.2) is 18.3 Å². The Labute approximate surface area is 80.8 Å². The summed E-state index contributed by atoms with van der Waals surface area (Å²) < 4.78 is 1.60. The van der Waals surface area contributed by atoms with Crippen LogP contribution in [0, 0.1) is 6.92 Å². The molecule has 0 bridgehead atoms. The Morgan fingerprint density at radius 2 is 2.29 bits per heavy atom. The molecule has 0 fully saturated rings. The van der Waals surface area contributed by atoms with Crippen molar-refractivity contribution in [3.05, 3.63) is 29.6 Å². The molecule has 0 aromatic carbocycles. The van der Waals surface area contributed by atoms with Crippen molar-refractivity contribution in [3.8, 4) is 0 Å². The molecule has 2 rings (SSSR count). The molecule has 0 aliphatic carbocycles. The van der Waals surface area contributed by atoms with E-state index in [1.807, 2.05) is 6.07 Å². The number of pyridine rings is 1. The van der Waals surface area contributed by atoms with Gasteiger partial charge >= 0.3 is 5.97 Å². The van der Waals surface area contributed by atoms with Gasteiger partial charge in [-0.15, -0.1) is 0 Å². The standard InChI is InChI=1S/C10H10N2O2/c1-6-7-4-3-5-11-9(7)12(2)8(6)10(13)14/h3-5H,1-2H3,(H,13,14). The van der Waals surface area contributed by atoms with E-state index in [4.69, 9.17) is 5.11 Å². The van der Waals surface area contributed by atoms with Crippen LogP contribution in [0.3, 0.4) is 0 Å². The summed E-state index contributed by atoms with van der Waals surface area (Å²) in [6.45, 7) is 1.80. The van der Waals surface area contributed by atoms with Gasteiger partial charge in [0.25, 0.3) is 0 Å². The van der Waals surface area contributed by atoms with E-state index in [0.29, 0.717) is 11.3 Å². The van der Waals surface area contributed by atoms with Gasteiger partial charge in [-0.2, -0.15) is 0 Å². The summed E-state index contributed by atoms with van der Waals surface area (Å²) in [6.07, 6.45) is 1.66. The average Bonchev–Trinajstić information content (AvgIpc) is 2.41. The Kier molecular flexibility index (Phi) is 1.77. The van der Waals surface area contributed by atoms with Crippen LogP contribution in [0.2, 0.25) is 0 Å². The van der Waals surface area contributed by atoms with E-state index < -0.39 is 5.97 Å². The van der Waals surface area contributed by atoms with Crippen molar-refractivity contribution < 1.29 is 9.90 Å². The van der Waals surface area contributed by atoms with Crippen LogP contribution in [0.25, 0.3) is 11.0 Å². The molecule has 0 unspecified atom stereocenters. The van der Waals surface area contributed by atoms with Crippen molar-refractivity contribution in [1.82, 2.24) is 9.55 Å².